The molecule has 1 unspecified atom stereocenters. The predicted molar refractivity (Wildman–Crippen MR) is 90.5 cm³/mol. The van der Waals surface area contributed by atoms with E-state index in [1.165, 1.54) is 13.0 Å². The highest BCUT2D eigenvalue weighted by Crippen LogP contribution is 2.13. The van der Waals surface area contributed by atoms with Gasteiger partial charge in [0.25, 0.3) is 0 Å². The summed E-state index contributed by atoms with van der Waals surface area (Å²) >= 11 is 0. The van der Waals surface area contributed by atoms with Gasteiger partial charge in [-0.1, -0.05) is 25.2 Å². The number of hydrogen-bond acceptors (Lipinski definition) is 3. The minimum Gasteiger partial charge on any atom is -0.298 e. The lowest BCUT2D eigenvalue weighted by Gasteiger charge is -2.40. The van der Waals surface area contributed by atoms with Gasteiger partial charge < -0.3 is 0 Å². The largest absolute Gasteiger partial charge is 0.298 e. The molecule has 1 heterocycles. The molecule has 0 spiro atoms. The molecule has 0 bridgehead atoms. The van der Waals surface area contributed by atoms with Crippen molar-refractivity contribution in [2.75, 3.05) is 32.7 Å². The first-order chi connectivity index (χ1) is 10.5. The average molecular weight is 308 g/mol. The summed E-state index contributed by atoms with van der Waals surface area (Å²) in [6.07, 6.45) is 8.24. The molecule has 22 heavy (non-hydrogen) atoms. The Morgan fingerprint density at radius 1 is 1.32 bits per heavy atom. The highest BCUT2D eigenvalue weighted by atomic mass is 19.1. The van der Waals surface area contributed by atoms with Crippen molar-refractivity contribution in [2.45, 2.75) is 40.2 Å². The second-order valence-corrected chi connectivity index (χ2v) is 5.87. The number of piperazine rings is 1. The molecule has 1 saturated heterocycles. The van der Waals surface area contributed by atoms with Crippen molar-refractivity contribution >= 4 is 5.78 Å². The van der Waals surface area contributed by atoms with Gasteiger partial charge in [-0.15, -0.1) is 0 Å². The first-order valence-corrected chi connectivity index (χ1v) is 8.10. The average Bonchev–Trinajstić information content (AvgIpc) is 2.47. The second kappa shape index (κ2) is 9.70. The number of nitrogens with zero attached hydrogens (tertiary/aromatic N) is 2. The van der Waals surface area contributed by atoms with Crippen LogP contribution in [0.3, 0.4) is 0 Å². The fourth-order valence-corrected chi connectivity index (χ4v) is 2.76. The molecule has 1 rings (SSSR count). The predicted octanol–water partition coefficient (Wildman–Crippen LogP) is 3.35. The minimum atomic E-state index is -0.198. The van der Waals surface area contributed by atoms with Crippen LogP contribution >= 0.6 is 0 Å². The first-order valence-electron chi connectivity index (χ1n) is 8.10. The molecule has 0 aromatic carbocycles. The molecule has 1 aliphatic rings. The van der Waals surface area contributed by atoms with Crippen LogP contribution in [0, 0.1) is 0 Å². The minimum absolute atomic E-state index is 0.00349. The Balaban J connectivity index is 2.64. The summed E-state index contributed by atoms with van der Waals surface area (Å²) in [5.74, 6) is 0.0447. The van der Waals surface area contributed by atoms with E-state index in [0.29, 0.717) is 0 Å². The Bertz CT molecular complexity index is 450. The van der Waals surface area contributed by atoms with E-state index in [9.17, 15) is 9.18 Å². The third-order valence-corrected chi connectivity index (χ3v) is 3.97. The molecule has 1 aliphatic heterocycles. The molecule has 0 aromatic rings. The summed E-state index contributed by atoms with van der Waals surface area (Å²) < 4.78 is 12.7. The van der Waals surface area contributed by atoms with Gasteiger partial charge in [0.1, 0.15) is 5.78 Å². The molecule has 1 fully saturated rings. The maximum Gasteiger partial charge on any atom is 0.148 e. The first kappa shape index (κ1) is 18.8. The van der Waals surface area contributed by atoms with E-state index in [4.69, 9.17) is 0 Å². The SMILES string of the molecule is C\C=C(/C=C\C=C(/C)F)CN1CCN(CCC)C(C(C)=O)C1. The number of ketones is 1. The van der Waals surface area contributed by atoms with Gasteiger partial charge in [-0.25, -0.2) is 4.39 Å². The van der Waals surface area contributed by atoms with Crippen molar-refractivity contribution in [3.05, 3.63) is 35.7 Å². The smallest absolute Gasteiger partial charge is 0.148 e. The molecule has 0 saturated carbocycles. The topological polar surface area (TPSA) is 23.6 Å². The molecule has 0 radical (unpaired) electrons. The van der Waals surface area contributed by atoms with E-state index in [-0.39, 0.29) is 17.7 Å². The van der Waals surface area contributed by atoms with Crippen LogP contribution in [-0.4, -0.2) is 54.3 Å². The molecule has 4 heteroatoms. The lowest BCUT2D eigenvalue weighted by molar-refractivity contribution is -0.124. The number of carbonyl (C=O) groups excluding carboxylic acids is 1. The highest BCUT2D eigenvalue weighted by Gasteiger charge is 2.29. The molecule has 0 amide bonds. The molecule has 0 aromatic heterocycles. The van der Waals surface area contributed by atoms with Gasteiger partial charge in [0, 0.05) is 26.2 Å². The van der Waals surface area contributed by atoms with Crippen molar-refractivity contribution < 1.29 is 9.18 Å². The van der Waals surface area contributed by atoms with Crippen LogP contribution in [0.5, 0.6) is 0 Å². The Hall–Kier alpha value is -1.26. The van der Waals surface area contributed by atoms with Gasteiger partial charge in [0.15, 0.2) is 0 Å². The van der Waals surface area contributed by atoms with Crippen molar-refractivity contribution in [3.8, 4) is 0 Å². The third kappa shape index (κ3) is 6.24. The molecule has 0 aliphatic carbocycles. The van der Waals surface area contributed by atoms with E-state index in [2.05, 4.69) is 16.7 Å². The zero-order valence-corrected chi connectivity index (χ0v) is 14.3. The summed E-state index contributed by atoms with van der Waals surface area (Å²) in [5, 5.41) is 0. The molecule has 0 N–H and O–H groups in total. The number of halogens is 1. The maximum atomic E-state index is 12.7. The highest BCUT2D eigenvalue weighted by molar-refractivity contribution is 5.81. The van der Waals surface area contributed by atoms with Crippen molar-refractivity contribution in [1.82, 2.24) is 9.80 Å². The number of Topliss-reactive ketones (excluding diaryl/α,β-unsaturated/α-hetero) is 1. The van der Waals surface area contributed by atoms with Crippen molar-refractivity contribution in [2.24, 2.45) is 0 Å². The third-order valence-electron chi connectivity index (χ3n) is 3.97. The van der Waals surface area contributed by atoms with E-state index in [1.54, 1.807) is 13.0 Å². The molecule has 124 valence electrons. The Kier molecular flexibility index (Phi) is 8.28. The van der Waals surface area contributed by atoms with E-state index in [0.717, 1.165) is 44.7 Å². The maximum absolute atomic E-state index is 12.7. The number of hydrogen-bond donors (Lipinski definition) is 0. The summed E-state index contributed by atoms with van der Waals surface area (Å²) in [5.41, 5.74) is 1.14. The molecule has 1 atom stereocenters. The zero-order valence-electron chi connectivity index (χ0n) is 14.3. The summed E-state index contributed by atoms with van der Waals surface area (Å²) in [7, 11) is 0. The van der Waals surface area contributed by atoms with Crippen LogP contribution in [0.15, 0.2) is 35.7 Å². The van der Waals surface area contributed by atoms with Crippen LogP contribution in [0.2, 0.25) is 0 Å². The number of allylic oxidation sites excluding steroid dienone is 4. The van der Waals surface area contributed by atoms with Gasteiger partial charge in [-0.2, -0.15) is 0 Å². The van der Waals surface area contributed by atoms with Crippen LogP contribution < -0.4 is 0 Å². The van der Waals surface area contributed by atoms with Gasteiger partial charge in [0.05, 0.1) is 11.9 Å². The van der Waals surface area contributed by atoms with Crippen LogP contribution in [0.1, 0.15) is 34.1 Å². The lowest BCUT2D eigenvalue weighted by atomic mass is 10.1. The molecular weight excluding hydrogens is 279 g/mol. The van der Waals surface area contributed by atoms with Crippen LogP contribution in [0.4, 0.5) is 4.39 Å². The molecule has 3 nitrogen and oxygen atoms in total. The number of carbonyl (C=O) groups is 1. The Labute approximate surface area is 134 Å². The van der Waals surface area contributed by atoms with Crippen molar-refractivity contribution in [3.63, 3.8) is 0 Å². The van der Waals surface area contributed by atoms with Crippen molar-refractivity contribution in [1.29, 1.82) is 0 Å². The van der Waals surface area contributed by atoms with Crippen LogP contribution in [-0.2, 0) is 4.79 Å². The van der Waals surface area contributed by atoms with Gasteiger partial charge in [-0.05, 0) is 45.4 Å². The summed E-state index contributed by atoms with van der Waals surface area (Å²) in [4.78, 5) is 16.5. The second-order valence-electron chi connectivity index (χ2n) is 5.87. The molecular formula is C18H29FN2O. The monoisotopic (exact) mass is 308 g/mol. The Morgan fingerprint density at radius 3 is 2.59 bits per heavy atom. The fourth-order valence-electron chi connectivity index (χ4n) is 2.76. The Morgan fingerprint density at radius 2 is 2.05 bits per heavy atom. The van der Waals surface area contributed by atoms with E-state index >= 15 is 0 Å². The standard InChI is InChI=1S/C18H29FN2O/c1-5-10-21-12-11-20(14-18(21)16(4)22)13-17(6-2)9-7-8-15(3)19/h6-9,18H,5,10-14H2,1-4H3/b9-7-,15-8+,17-6+. The van der Waals surface area contributed by atoms with E-state index < -0.39 is 0 Å². The quantitative estimate of drug-likeness (QED) is 0.674. The van der Waals surface area contributed by atoms with Gasteiger partial charge >= 0.3 is 0 Å². The van der Waals surface area contributed by atoms with Gasteiger partial charge in [-0.3, -0.25) is 14.6 Å². The zero-order chi connectivity index (χ0) is 16.5. The summed E-state index contributed by atoms with van der Waals surface area (Å²) in [6.45, 7) is 11.7. The van der Waals surface area contributed by atoms with E-state index in [1.807, 2.05) is 19.1 Å². The summed E-state index contributed by atoms with van der Waals surface area (Å²) in [6, 6.07) is 0.00349. The van der Waals surface area contributed by atoms with Gasteiger partial charge in [0.2, 0.25) is 0 Å². The lowest BCUT2D eigenvalue weighted by Crippen LogP contribution is -2.56. The normalized spacial score (nSPS) is 22.5. The number of rotatable bonds is 7. The fraction of sp³-hybridized carbons (Fsp3) is 0.611. The van der Waals surface area contributed by atoms with Crippen LogP contribution in [0.25, 0.3) is 0 Å².